The van der Waals surface area contributed by atoms with Crippen LogP contribution in [-0.4, -0.2) is 61.1 Å². The van der Waals surface area contributed by atoms with Crippen molar-refractivity contribution in [2.45, 2.75) is 36.6 Å². The Kier molecular flexibility index (Phi) is 6.84. The topological polar surface area (TPSA) is 60.9 Å². The molecule has 34 heavy (non-hydrogen) atoms. The first-order valence-corrected chi connectivity index (χ1v) is 13.7. The van der Waals surface area contributed by atoms with Crippen LogP contribution in [0.15, 0.2) is 84.9 Å². The second kappa shape index (κ2) is 10.0. The van der Waals surface area contributed by atoms with Crippen LogP contribution in [0.2, 0.25) is 0 Å². The zero-order chi connectivity index (χ0) is 23.5. The molecule has 2 fully saturated rings. The van der Waals surface area contributed by atoms with Gasteiger partial charge in [-0.1, -0.05) is 84.9 Å². The Bertz CT molecular complexity index is 1180. The van der Waals surface area contributed by atoms with Crippen LogP contribution < -0.4 is 0 Å². The van der Waals surface area contributed by atoms with Crippen molar-refractivity contribution in [1.82, 2.24) is 9.21 Å². The summed E-state index contributed by atoms with van der Waals surface area (Å²) in [5.41, 5.74) is 4.32. The van der Waals surface area contributed by atoms with Crippen LogP contribution in [0.5, 0.6) is 0 Å². The molecule has 2 saturated heterocycles. The fourth-order valence-electron chi connectivity index (χ4n) is 5.57. The molecule has 178 valence electrons. The molecule has 0 unspecified atom stereocenters. The third-order valence-corrected chi connectivity index (χ3v) is 9.14. The van der Waals surface area contributed by atoms with Gasteiger partial charge in [0.1, 0.15) is 0 Å². The van der Waals surface area contributed by atoms with Crippen molar-refractivity contribution in [2.75, 3.05) is 26.2 Å². The van der Waals surface area contributed by atoms with Gasteiger partial charge in [0.05, 0.1) is 12.4 Å². The van der Waals surface area contributed by atoms with Gasteiger partial charge in [0, 0.05) is 31.1 Å². The number of nitrogens with zero attached hydrogens (tertiary/aromatic N) is 2. The predicted octanol–water partition coefficient (Wildman–Crippen LogP) is 4.11. The first kappa shape index (κ1) is 23.2. The fourth-order valence-corrected chi connectivity index (χ4v) is 7.15. The lowest BCUT2D eigenvalue weighted by molar-refractivity contribution is -0.0554. The SMILES string of the molecule is O=S(=O)(Cc1ccccc1)N1CCCCN2[C@H](CO)[C@@H](c3ccc(-c4ccccc4)cc3)[C@@H]2C1. The van der Waals surface area contributed by atoms with E-state index in [1.54, 1.807) is 4.31 Å². The van der Waals surface area contributed by atoms with E-state index in [4.69, 9.17) is 0 Å². The maximum atomic E-state index is 13.4. The number of aliphatic hydroxyl groups excluding tert-OH is 1. The Morgan fingerprint density at radius 1 is 0.794 bits per heavy atom. The standard InChI is InChI=1S/C28H32N2O3S/c31-20-27-28(25-15-13-24(14-16-25)23-11-5-2-6-12-23)26-19-29(17-7-8-18-30(26)27)34(32,33)21-22-9-3-1-4-10-22/h1-6,9-16,26-28,31H,7-8,17-21H2/t26-,27+,28-/m0/s1. The zero-order valence-corrected chi connectivity index (χ0v) is 20.1. The number of benzene rings is 3. The number of fused-ring (bicyclic) bond motifs is 1. The molecule has 3 aromatic rings. The van der Waals surface area contributed by atoms with Crippen LogP contribution in [0.3, 0.4) is 0 Å². The second-order valence-electron chi connectivity index (χ2n) is 9.38. The third-order valence-electron chi connectivity index (χ3n) is 7.32. The smallest absolute Gasteiger partial charge is 0.218 e. The number of sulfonamides is 1. The van der Waals surface area contributed by atoms with Crippen LogP contribution in [-0.2, 0) is 15.8 Å². The second-order valence-corrected chi connectivity index (χ2v) is 11.3. The number of rotatable bonds is 6. The van der Waals surface area contributed by atoms with Crippen LogP contribution in [0, 0.1) is 0 Å². The van der Waals surface area contributed by atoms with Crippen LogP contribution in [0.4, 0.5) is 0 Å². The number of hydrogen-bond donors (Lipinski definition) is 1. The normalized spacial score (nSPS) is 24.0. The highest BCUT2D eigenvalue weighted by Gasteiger charge is 2.50. The number of aliphatic hydroxyl groups is 1. The quantitative estimate of drug-likeness (QED) is 0.582. The summed E-state index contributed by atoms with van der Waals surface area (Å²) < 4.78 is 28.4. The summed E-state index contributed by atoms with van der Waals surface area (Å²) >= 11 is 0. The molecule has 2 aliphatic rings. The molecule has 0 aliphatic carbocycles. The van der Waals surface area contributed by atoms with E-state index in [0.29, 0.717) is 13.1 Å². The lowest BCUT2D eigenvalue weighted by atomic mass is 9.74. The maximum absolute atomic E-state index is 13.4. The molecule has 5 nitrogen and oxygen atoms in total. The van der Waals surface area contributed by atoms with Gasteiger partial charge in [-0.15, -0.1) is 0 Å². The molecule has 3 atom stereocenters. The number of hydrogen-bond acceptors (Lipinski definition) is 4. The van der Waals surface area contributed by atoms with Crippen molar-refractivity contribution < 1.29 is 13.5 Å². The lowest BCUT2D eigenvalue weighted by Crippen LogP contribution is -2.67. The molecule has 2 heterocycles. The van der Waals surface area contributed by atoms with E-state index in [-0.39, 0.29) is 30.4 Å². The van der Waals surface area contributed by atoms with Crippen molar-refractivity contribution in [2.24, 2.45) is 0 Å². The molecule has 0 aromatic heterocycles. The summed E-state index contributed by atoms with van der Waals surface area (Å²) in [6.07, 6.45) is 1.77. The van der Waals surface area contributed by atoms with Gasteiger partial charge < -0.3 is 5.11 Å². The van der Waals surface area contributed by atoms with Crippen molar-refractivity contribution in [1.29, 1.82) is 0 Å². The summed E-state index contributed by atoms with van der Waals surface area (Å²) in [6, 6.07) is 28.4. The molecule has 1 N–H and O–H groups in total. The molecule has 0 amide bonds. The predicted molar refractivity (Wildman–Crippen MR) is 136 cm³/mol. The molecule has 2 aliphatic heterocycles. The average molecular weight is 477 g/mol. The van der Waals surface area contributed by atoms with E-state index in [1.165, 1.54) is 11.1 Å². The summed E-state index contributed by atoms with van der Waals surface area (Å²) in [6.45, 7) is 2.01. The van der Waals surface area contributed by atoms with E-state index < -0.39 is 10.0 Å². The van der Waals surface area contributed by atoms with E-state index in [2.05, 4.69) is 41.3 Å². The third kappa shape index (κ3) is 4.68. The summed E-state index contributed by atoms with van der Waals surface area (Å²) in [7, 11) is -3.43. The maximum Gasteiger partial charge on any atom is 0.218 e. The molecule has 0 bridgehead atoms. The highest BCUT2D eigenvalue weighted by Crippen LogP contribution is 2.42. The van der Waals surface area contributed by atoms with E-state index in [9.17, 15) is 13.5 Å². The van der Waals surface area contributed by atoms with Crippen molar-refractivity contribution in [3.8, 4) is 11.1 Å². The van der Waals surface area contributed by atoms with Gasteiger partial charge in [0.15, 0.2) is 0 Å². The van der Waals surface area contributed by atoms with E-state index >= 15 is 0 Å². The van der Waals surface area contributed by atoms with Gasteiger partial charge in [-0.3, -0.25) is 4.90 Å². The molecule has 0 radical (unpaired) electrons. The summed E-state index contributed by atoms with van der Waals surface area (Å²) in [4.78, 5) is 2.32. The highest BCUT2D eigenvalue weighted by molar-refractivity contribution is 7.88. The molecule has 6 heteroatoms. The van der Waals surface area contributed by atoms with E-state index in [1.807, 2.05) is 48.5 Å². The van der Waals surface area contributed by atoms with Crippen LogP contribution in [0.1, 0.15) is 29.9 Å². The fraction of sp³-hybridized carbons (Fsp3) is 0.357. The Morgan fingerprint density at radius 2 is 1.41 bits per heavy atom. The minimum absolute atomic E-state index is 0.0282. The summed E-state index contributed by atoms with van der Waals surface area (Å²) in [5.74, 6) is 0.141. The largest absolute Gasteiger partial charge is 0.395 e. The molecular weight excluding hydrogens is 444 g/mol. The summed E-state index contributed by atoms with van der Waals surface area (Å²) in [5, 5.41) is 10.2. The Labute approximate surface area is 202 Å². The average Bonchev–Trinajstić information content (AvgIpc) is 2.84. The Morgan fingerprint density at radius 3 is 2.09 bits per heavy atom. The van der Waals surface area contributed by atoms with Crippen molar-refractivity contribution in [3.63, 3.8) is 0 Å². The van der Waals surface area contributed by atoms with Crippen LogP contribution in [0.25, 0.3) is 11.1 Å². The minimum Gasteiger partial charge on any atom is -0.395 e. The molecule has 0 saturated carbocycles. The van der Waals surface area contributed by atoms with Gasteiger partial charge >= 0.3 is 0 Å². The van der Waals surface area contributed by atoms with Crippen LogP contribution >= 0.6 is 0 Å². The molecule has 5 rings (SSSR count). The molecule has 0 spiro atoms. The Balaban J connectivity index is 1.38. The lowest BCUT2D eigenvalue weighted by Gasteiger charge is -2.57. The zero-order valence-electron chi connectivity index (χ0n) is 19.3. The first-order chi connectivity index (χ1) is 16.6. The van der Waals surface area contributed by atoms with Gasteiger partial charge in [0.25, 0.3) is 0 Å². The van der Waals surface area contributed by atoms with Crippen molar-refractivity contribution in [3.05, 3.63) is 96.1 Å². The van der Waals surface area contributed by atoms with Gasteiger partial charge in [-0.05, 0) is 41.6 Å². The monoisotopic (exact) mass is 476 g/mol. The minimum atomic E-state index is -3.43. The molecule has 3 aromatic carbocycles. The van der Waals surface area contributed by atoms with Gasteiger partial charge in [0.2, 0.25) is 10.0 Å². The van der Waals surface area contributed by atoms with Crippen molar-refractivity contribution >= 4 is 10.0 Å². The first-order valence-electron chi connectivity index (χ1n) is 12.1. The highest BCUT2D eigenvalue weighted by atomic mass is 32.2. The van der Waals surface area contributed by atoms with Gasteiger partial charge in [-0.25, -0.2) is 12.7 Å². The Hall–Kier alpha value is -2.51. The van der Waals surface area contributed by atoms with E-state index in [0.717, 1.165) is 30.5 Å². The molecular formula is C28H32N2O3S. The van der Waals surface area contributed by atoms with Gasteiger partial charge in [-0.2, -0.15) is 0 Å².